The van der Waals surface area contributed by atoms with Gasteiger partial charge in [0.1, 0.15) is 17.8 Å². The van der Waals surface area contributed by atoms with E-state index in [1.165, 1.54) is 0 Å². The number of carbonyl (C=O) groups excluding carboxylic acids is 3. The lowest BCUT2D eigenvalue weighted by molar-refractivity contribution is -0.307. The van der Waals surface area contributed by atoms with E-state index < -0.39 is 65.2 Å². The van der Waals surface area contributed by atoms with Crippen molar-refractivity contribution in [2.45, 2.75) is 77.0 Å². The number of hydrogen-bond donors (Lipinski definition) is 1. The van der Waals surface area contributed by atoms with Crippen LogP contribution in [-0.4, -0.2) is 52.6 Å². The Morgan fingerprint density at radius 2 is 1.83 bits per heavy atom. The number of halogens is 3. The van der Waals surface area contributed by atoms with E-state index in [0.29, 0.717) is 19.8 Å². The fraction of sp³-hybridized carbons (Fsp3) is 0.850. The largest absolute Gasteiger partial charge is 0.458 e. The van der Waals surface area contributed by atoms with Crippen LogP contribution in [0.15, 0.2) is 0 Å². The zero-order valence-electron chi connectivity index (χ0n) is 17.5. The van der Waals surface area contributed by atoms with Crippen LogP contribution in [0.4, 0.5) is 13.2 Å². The Morgan fingerprint density at radius 3 is 2.37 bits per heavy atom. The molecule has 1 aliphatic heterocycles. The van der Waals surface area contributed by atoms with E-state index in [1.54, 1.807) is 6.92 Å². The summed E-state index contributed by atoms with van der Waals surface area (Å²) in [5, 5.41) is 9.98. The van der Waals surface area contributed by atoms with Gasteiger partial charge < -0.3 is 19.3 Å². The van der Waals surface area contributed by atoms with E-state index in [-0.39, 0.29) is 11.8 Å². The molecule has 3 fully saturated rings. The summed E-state index contributed by atoms with van der Waals surface area (Å²) in [6, 6.07) is 0. The average molecular weight is 436 g/mol. The fourth-order valence-corrected chi connectivity index (χ4v) is 4.65. The maximum Gasteiger partial charge on any atom is 0.420 e. The highest BCUT2D eigenvalue weighted by Gasteiger charge is 2.71. The summed E-state index contributed by atoms with van der Waals surface area (Å²) in [7, 11) is 0. The highest BCUT2D eigenvalue weighted by atomic mass is 19.4. The summed E-state index contributed by atoms with van der Waals surface area (Å²) in [6.45, 7) is 5.95. The van der Waals surface area contributed by atoms with Gasteiger partial charge in [-0.1, -0.05) is 13.8 Å². The molecular weight excluding hydrogens is 409 g/mol. The van der Waals surface area contributed by atoms with Gasteiger partial charge in [0.05, 0.1) is 17.8 Å². The van der Waals surface area contributed by atoms with Gasteiger partial charge in [-0.2, -0.15) is 13.2 Å². The number of alkyl halides is 3. The third-order valence-corrected chi connectivity index (χ3v) is 7.17. The van der Waals surface area contributed by atoms with Crippen molar-refractivity contribution in [3.63, 3.8) is 0 Å². The van der Waals surface area contributed by atoms with E-state index in [1.807, 2.05) is 6.92 Å². The van der Waals surface area contributed by atoms with Crippen molar-refractivity contribution in [1.82, 2.24) is 0 Å². The monoisotopic (exact) mass is 436 g/mol. The number of fused-ring (bicyclic) bond motifs is 1. The quantitative estimate of drug-likeness (QED) is 0.504. The first-order chi connectivity index (χ1) is 13.6. The first-order valence-electron chi connectivity index (χ1n) is 10.1. The molecule has 7 nitrogen and oxygen atoms in total. The topological polar surface area (TPSA) is 99.1 Å². The summed E-state index contributed by atoms with van der Waals surface area (Å²) < 4.78 is 55.8. The Kier molecular flexibility index (Phi) is 5.41. The van der Waals surface area contributed by atoms with Crippen LogP contribution in [0.25, 0.3) is 0 Å². The molecule has 0 aromatic carbocycles. The lowest BCUT2D eigenvalue weighted by atomic mass is 9.78. The number of esters is 3. The van der Waals surface area contributed by atoms with E-state index >= 15 is 0 Å². The Balaban J connectivity index is 1.83. The van der Waals surface area contributed by atoms with E-state index in [9.17, 15) is 32.7 Å². The molecule has 8 unspecified atom stereocenters. The van der Waals surface area contributed by atoms with Gasteiger partial charge in [0.2, 0.25) is 0 Å². The molecule has 8 atom stereocenters. The average Bonchev–Trinajstić information content (AvgIpc) is 3.22. The van der Waals surface area contributed by atoms with Crippen molar-refractivity contribution < 1.29 is 46.9 Å². The molecule has 10 heteroatoms. The smallest absolute Gasteiger partial charge is 0.420 e. The third-order valence-electron chi connectivity index (χ3n) is 7.17. The second-order valence-electron chi connectivity index (χ2n) is 9.23. The Morgan fingerprint density at radius 1 is 1.23 bits per heavy atom. The van der Waals surface area contributed by atoms with Gasteiger partial charge in [0.15, 0.2) is 5.60 Å². The lowest BCUT2D eigenvalue weighted by Gasteiger charge is -2.41. The molecule has 2 bridgehead atoms. The first-order valence-corrected chi connectivity index (χ1v) is 10.1. The van der Waals surface area contributed by atoms with Crippen LogP contribution < -0.4 is 0 Å². The third kappa shape index (κ3) is 3.27. The molecule has 170 valence electrons. The van der Waals surface area contributed by atoms with Crippen molar-refractivity contribution in [2.75, 3.05) is 0 Å². The molecule has 0 spiro atoms. The first kappa shape index (κ1) is 22.8. The summed E-state index contributed by atoms with van der Waals surface area (Å²) in [5.74, 6) is -5.45. The number of hydrogen-bond acceptors (Lipinski definition) is 7. The van der Waals surface area contributed by atoms with Gasteiger partial charge in [-0.25, -0.2) is 0 Å². The maximum absolute atomic E-state index is 13.3. The summed E-state index contributed by atoms with van der Waals surface area (Å²) >= 11 is 0. The van der Waals surface area contributed by atoms with Gasteiger partial charge in [0.25, 0.3) is 0 Å². The van der Waals surface area contributed by atoms with Gasteiger partial charge in [0, 0.05) is 11.8 Å². The molecule has 0 aromatic rings. The molecule has 2 aliphatic carbocycles. The summed E-state index contributed by atoms with van der Waals surface area (Å²) in [4.78, 5) is 37.6. The molecule has 1 heterocycles. The van der Waals surface area contributed by atoms with Gasteiger partial charge in [-0.3, -0.25) is 14.4 Å². The molecular formula is C20H27F3O7. The minimum atomic E-state index is -5.04. The molecule has 2 saturated carbocycles. The highest BCUT2D eigenvalue weighted by molar-refractivity contribution is 5.86. The Bertz CT molecular complexity index is 745. The van der Waals surface area contributed by atoms with E-state index in [4.69, 9.17) is 14.2 Å². The Labute approximate surface area is 172 Å². The van der Waals surface area contributed by atoms with Crippen molar-refractivity contribution in [1.29, 1.82) is 0 Å². The summed E-state index contributed by atoms with van der Waals surface area (Å²) in [6.07, 6.45) is -5.63. The molecule has 0 radical (unpaired) electrons. The molecule has 0 amide bonds. The standard InChI is InChI=1S/C20H27F3O7/c1-6-8(2)15(24)28-13-10-7-9-11(16(25)29-14(9)13)12(10)17(26)30-18(3,4)19(5,27)20(21,22)23/h8-14,27H,6-7H2,1-5H3. The molecule has 1 saturated heterocycles. The predicted molar refractivity (Wildman–Crippen MR) is 94.6 cm³/mol. The van der Waals surface area contributed by atoms with Crippen LogP contribution in [0.3, 0.4) is 0 Å². The van der Waals surface area contributed by atoms with Crippen LogP contribution in [-0.2, 0) is 28.6 Å². The minimum Gasteiger partial charge on any atom is -0.458 e. The van der Waals surface area contributed by atoms with E-state index in [0.717, 1.165) is 13.8 Å². The van der Waals surface area contributed by atoms with Crippen LogP contribution in [0.5, 0.6) is 0 Å². The molecule has 30 heavy (non-hydrogen) atoms. The van der Waals surface area contributed by atoms with E-state index in [2.05, 4.69) is 0 Å². The summed E-state index contributed by atoms with van der Waals surface area (Å²) in [5.41, 5.74) is -5.62. The van der Waals surface area contributed by atoms with Crippen LogP contribution in [0.2, 0.25) is 0 Å². The SMILES string of the molecule is CCC(C)C(=O)OC1C2CC3C1OC(=O)C3C2C(=O)OC(C)(C)C(C)(O)C(F)(F)F. The number of ether oxygens (including phenoxy) is 3. The maximum atomic E-state index is 13.3. The number of rotatable bonds is 6. The predicted octanol–water partition coefficient (Wildman–Crippen LogP) is 2.39. The number of aliphatic hydroxyl groups is 1. The minimum absolute atomic E-state index is 0.360. The zero-order chi connectivity index (χ0) is 22.8. The fourth-order valence-electron chi connectivity index (χ4n) is 4.65. The Hall–Kier alpha value is -1.84. The van der Waals surface area contributed by atoms with Crippen molar-refractivity contribution >= 4 is 17.9 Å². The normalized spacial score (nSPS) is 35.6. The van der Waals surface area contributed by atoms with Gasteiger partial charge >= 0.3 is 24.1 Å². The van der Waals surface area contributed by atoms with Gasteiger partial charge in [-0.05, 0) is 33.6 Å². The van der Waals surface area contributed by atoms with Crippen LogP contribution in [0, 0.1) is 29.6 Å². The second kappa shape index (κ2) is 7.10. The van der Waals surface area contributed by atoms with Crippen molar-refractivity contribution in [3.8, 4) is 0 Å². The zero-order valence-corrected chi connectivity index (χ0v) is 17.5. The van der Waals surface area contributed by atoms with Crippen molar-refractivity contribution in [3.05, 3.63) is 0 Å². The highest BCUT2D eigenvalue weighted by Crippen LogP contribution is 2.59. The van der Waals surface area contributed by atoms with Crippen LogP contribution in [0.1, 0.15) is 47.5 Å². The molecule has 3 aliphatic rings. The second-order valence-corrected chi connectivity index (χ2v) is 9.23. The van der Waals surface area contributed by atoms with Crippen LogP contribution >= 0.6 is 0 Å². The molecule has 3 rings (SSSR count). The lowest BCUT2D eigenvalue weighted by Crippen LogP contribution is -2.60. The van der Waals surface area contributed by atoms with Gasteiger partial charge in [-0.15, -0.1) is 0 Å². The number of carbonyl (C=O) groups is 3. The molecule has 1 N–H and O–H groups in total. The molecule has 0 aromatic heterocycles. The van der Waals surface area contributed by atoms with Crippen molar-refractivity contribution in [2.24, 2.45) is 29.6 Å².